The lowest BCUT2D eigenvalue weighted by Crippen LogP contribution is -2.54. The number of hydrogen-bond acceptors (Lipinski definition) is 5. The van der Waals surface area contributed by atoms with Crippen molar-refractivity contribution < 1.29 is 23.5 Å². The maximum atomic E-state index is 13.3. The van der Waals surface area contributed by atoms with Crippen molar-refractivity contribution in [2.75, 3.05) is 33.3 Å². The molecule has 0 aliphatic carbocycles. The van der Waals surface area contributed by atoms with E-state index < -0.39 is 6.04 Å². The number of rotatable bonds is 6. The van der Waals surface area contributed by atoms with Crippen LogP contribution in [0.25, 0.3) is 0 Å². The maximum absolute atomic E-state index is 13.3. The SMILES string of the molecule is COc1cccc(C(=O)N[C@H](C(=O)N2CCCC2)C2CCN(C(=O)c3ccco3)CC2)c1. The molecule has 2 aliphatic heterocycles. The molecule has 0 saturated carbocycles. The molecule has 8 heteroatoms. The number of furan rings is 1. The topological polar surface area (TPSA) is 92.1 Å². The molecule has 0 radical (unpaired) electrons. The molecule has 2 aromatic rings. The molecule has 1 N–H and O–H groups in total. The van der Waals surface area contributed by atoms with Crippen LogP contribution in [-0.4, -0.2) is 66.9 Å². The summed E-state index contributed by atoms with van der Waals surface area (Å²) in [5.41, 5.74) is 0.453. The standard InChI is InChI=1S/C24H29N3O5/c1-31-19-7-4-6-18(16-19)22(28)25-21(24(30)26-11-2-3-12-26)17-9-13-27(14-10-17)23(29)20-8-5-15-32-20/h4-8,15-17,21H,2-3,9-14H2,1H3,(H,25,28)/t21-/m0/s1. The highest BCUT2D eigenvalue weighted by Crippen LogP contribution is 2.25. The van der Waals surface area contributed by atoms with Gasteiger partial charge in [-0.15, -0.1) is 0 Å². The first-order valence-corrected chi connectivity index (χ1v) is 11.1. The first-order chi connectivity index (χ1) is 15.6. The zero-order chi connectivity index (χ0) is 22.5. The second-order valence-corrected chi connectivity index (χ2v) is 8.32. The largest absolute Gasteiger partial charge is 0.497 e. The summed E-state index contributed by atoms with van der Waals surface area (Å²) in [6, 6.07) is 9.63. The van der Waals surface area contributed by atoms with Gasteiger partial charge in [-0.05, 0) is 61.9 Å². The number of nitrogens with zero attached hydrogens (tertiary/aromatic N) is 2. The Balaban J connectivity index is 1.46. The monoisotopic (exact) mass is 439 g/mol. The second-order valence-electron chi connectivity index (χ2n) is 8.32. The lowest BCUT2D eigenvalue weighted by molar-refractivity contribution is -0.134. The Morgan fingerprint density at radius 1 is 1.03 bits per heavy atom. The summed E-state index contributed by atoms with van der Waals surface area (Å²) in [4.78, 5) is 42.5. The Hall–Kier alpha value is -3.29. The van der Waals surface area contributed by atoms with Crippen LogP contribution in [-0.2, 0) is 4.79 Å². The summed E-state index contributed by atoms with van der Waals surface area (Å²) in [5, 5.41) is 2.99. The molecule has 32 heavy (non-hydrogen) atoms. The summed E-state index contributed by atoms with van der Waals surface area (Å²) >= 11 is 0. The molecule has 8 nitrogen and oxygen atoms in total. The number of piperidine rings is 1. The van der Waals surface area contributed by atoms with Crippen molar-refractivity contribution in [1.29, 1.82) is 0 Å². The summed E-state index contributed by atoms with van der Waals surface area (Å²) in [6.45, 7) is 2.48. The molecular formula is C24H29N3O5. The minimum atomic E-state index is -0.618. The lowest BCUT2D eigenvalue weighted by atomic mass is 9.88. The number of ether oxygens (including phenoxy) is 1. The first kappa shape index (κ1) is 21.9. The van der Waals surface area contributed by atoms with Gasteiger partial charge in [0, 0.05) is 31.7 Å². The van der Waals surface area contributed by atoms with Gasteiger partial charge in [-0.25, -0.2) is 0 Å². The van der Waals surface area contributed by atoms with E-state index in [0.717, 1.165) is 25.9 Å². The fraction of sp³-hybridized carbons (Fsp3) is 0.458. The lowest BCUT2D eigenvalue weighted by Gasteiger charge is -2.36. The van der Waals surface area contributed by atoms with Crippen LogP contribution in [0.3, 0.4) is 0 Å². The van der Waals surface area contributed by atoms with Gasteiger partial charge >= 0.3 is 0 Å². The number of carbonyl (C=O) groups excluding carboxylic acids is 3. The molecule has 170 valence electrons. The van der Waals surface area contributed by atoms with Crippen LogP contribution >= 0.6 is 0 Å². The molecule has 3 heterocycles. The first-order valence-electron chi connectivity index (χ1n) is 11.1. The van der Waals surface area contributed by atoms with Gasteiger partial charge in [0.05, 0.1) is 13.4 Å². The van der Waals surface area contributed by atoms with Crippen LogP contribution in [0.4, 0.5) is 0 Å². The number of likely N-dealkylation sites (tertiary alicyclic amines) is 2. The van der Waals surface area contributed by atoms with Gasteiger partial charge in [-0.2, -0.15) is 0 Å². The van der Waals surface area contributed by atoms with Crippen molar-refractivity contribution in [1.82, 2.24) is 15.1 Å². The fourth-order valence-electron chi connectivity index (χ4n) is 4.50. The van der Waals surface area contributed by atoms with Gasteiger partial charge in [0.1, 0.15) is 11.8 Å². The molecule has 4 rings (SSSR count). The zero-order valence-corrected chi connectivity index (χ0v) is 18.3. The summed E-state index contributed by atoms with van der Waals surface area (Å²) < 4.78 is 10.4. The highest BCUT2D eigenvalue weighted by Gasteiger charge is 2.37. The van der Waals surface area contributed by atoms with E-state index in [1.165, 1.54) is 6.26 Å². The molecule has 1 atom stereocenters. The van der Waals surface area contributed by atoms with Crippen LogP contribution < -0.4 is 10.1 Å². The summed E-state index contributed by atoms with van der Waals surface area (Å²) in [6.07, 6.45) is 4.72. The van der Waals surface area contributed by atoms with Crippen molar-refractivity contribution >= 4 is 17.7 Å². The average Bonchev–Trinajstić information content (AvgIpc) is 3.56. The second kappa shape index (κ2) is 9.89. The molecule has 2 aliphatic rings. The van der Waals surface area contributed by atoms with E-state index in [1.54, 1.807) is 48.4 Å². The Kier molecular flexibility index (Phi) is 6.78. The number of benzene rings is 1. The maximum Gasteiger partial charge on any atom is 0.289 e. The van der Waals surface area contributed by atoms with Gasteiger partial charge in [0.15, 0.2) is 5.76 Å². The van der Waals surface area contributed by atoms with E-state index in [4.69, 9.17) is 9.15 Å². The molecular weight excluding hydrogens is 410 g/mol. The molecule has 3 amide bonds. The van der Waals surface area contributed by atoms with Crippen LogP contribution in [0.2, 0.25) is 0 Å². The van der Waals surface area contributed by atoms with Crippen molar-refractivity contribution in [2.45, 2.75) is 31.7 Å². The van der Waals surface area contributed by atoms with E-state index in [0.29, 0.717) is 43.0 Å². The Bertz CT molecular complexity index is 944. The molecule has 2 saturated heterocycles. The van der Waals surface area contributed by atoms with Crippen molar-refractivity contribution in [3.05, 3.63) is 54.0 Å². The van der Waals surface area contributed by atoms with E-state index in [2.05, 4.69) is 5.32 Å². The van der Waals surface area contributed by atoms with Gasteiger partial charge < -0.3 is 24.3 Å². The normalized spacial score (nSPS) is 17.8. The van der Waals surface area contributed by atoms with Crippen LogP contribution in [0.1, 0.15) is 46.6 Å². The predicted octanol–water partition coefficient (Wildman–Crippen LogP) is 2.56. The highest BCUT2D eigenvalue weighted by molar-refractivity contribution is 5.98. The van der Waals surface area contributed by atoms with Crippen molar-refractivity contribution in [2.24, 2.45) is 5.92 Å². The van der Waals surface area contributed by atoms with Gasteiger partial charge in [-0.1, -0.05) is 6.07 Å². The molecule has 1 aromatic carbocycles. The molecule has 2 fully saturated rings. The van der Waals surface area contributed by atoms with E-state index in [1.807, 2.05) is 4.90 Å². The average molecular weight is 440 g/mol. The number of carbonyl (C=O) groups is 3. The molecule has 1 aromatic heterocycles. The Labute approximate surface area is 187 Å². The molecule has 0 bridgehead atoms. The third kappa shape index (κ3) is 4.79. The van der Waals surface area contributed by atoms with Gasteiger partial charge in [0.2, 0.25) is 5.91 Å². The highest BCUT2D eigenvalue weighted by atomic mass is 16.5. The minimum Gasteiger partial charge on any atom is -0.497 e. The number of nitrogens with one attached hydrogen (secondary N) is 1. The Morgan fingerprint density at radius 2 is 1.78 bits per heavy atom. The quantitative estimate of drug-likeness (QED) is 0.747. The van der Waals surface area contributed by atoms with Crippen LogP contribution in [0.5, 0.6) is 5.75 Å². The number of amides is 3. The zero-order valence-electron chi connectivity index (χ0n) is 18.3. The van der Waals surface area contributed by atoms with Crippen LogP contribution in [0, 0.1) is 5.92 Å². The van der Waals surface area contributed by atoms with E-state index in [9.17, 15) is 14.4 Å². The summed E-state index contributed by atoms with van der Waals surface area (Å²) in [5.74, 6) is 0.393. The van der Waals surface area contributed by atoms with E-state index in [-0.39, 0.29) is 23.6 Å². The predicted molar refractivity (Wildman–Crippen MR) is 117 cm³/mol. The third-order valence-corrected chi connectivity index (χ3v) is 6.33. The van der Waals surface area contributed by atoms with Gasteiger partial charge in [-0.3, -0.25) is 14.4 Å². The van der Waals surface area contributed by atoms with Crippen molar-refractivity contribution in [3.8, 4) is 5.75 Å². The van der Waals surface area contributed by atoms with Crippen LogP contribution in [0.15, 0.2) is 47.1 Å². The van der Waals surface area contributed by atoms with Gasteiger partial charge in [0.25, 0.3) is 11.8 Å². The number of hydrogen-bond donors (Lipinski definition) is 1. The van der Waals surface area contributed by atoms with Crippen molar-refractivity contribution in [3.63, 3.8) is 0 Å². The minimum absolute atomic E-state index is 0.0328. The van der Waals surface area contributed by atoms with E-state index >= 15 is 0 Å². The number of methoxy groups -OCH3 is 1. The molecule has 0 spiro atoms. The molecule has 0 unspecified atom stereocenters. The fourth-order valence-corrected chi connectivity index (χ4v) is 4.50. The Morgan fingerprint density at radius 3 is 2.44 bits per heavy atom. The smallest absolute Gasteiger partial charge is 0.289 e. The summed E-state index contributed by atoms with van der Waals surface area (Å²) in [7, 11) is 1.55. The third-order valence-electron chi connectivity index (χ3n) is 6.33.